The van der Waals surface area contributed by atoms with Gasteiger partial charge >= 0.3 is 0 Å². The molecule has 1 aromatic rings. The van der Waals surface area contributed by atoms with Gasteiger partial charge in [-0.2, -0.15) is 0 Å². The van der Waals surface area contributed by atoms with Crippen LogP contribution in [0.2, 0.25) is 0 Å². The van der Waals surface area contributed by atoms with Gasteiger partial charge in [0.15, 0.2) is 0 Å². The number of nitrogens with two attached hydrogens (primary N) is 1. The van der Waals surface area contributed by atoms with Crippen molar-refractivity contribution in [2.45, 2.75) is 51.1 Å². The Labute approximate surface area is 108 Å². The summed E-state index contributed by atoms with van der Waals surface area (Å²) in [4.78, 5) is 10.6. The summed E-state index contributed by atoms with van der Waals surface area (Å²) in [6, 6.07) is 7.78. The molecule has 0 amide bonds. The number of hydrogen-bond donors (Lipinski definition) is 1. The fourth-order valence-electron chi connectivity index (χ4n) is 2.63. The monoisotopic (exact) mass is 247 g/mol. The van der Waals surface area contributed by atoms with Crippen LogP contribution in [0.25, 0.3) is 0 Å². The van der Waals surface area contributed by atoms with Crippen LogP contribution in [-0.4, -0.2) is 12.0 Å². The van der Waals surface area contributed by atoms with E-state index in [1.807, 2.05) is 12.1 Å². The lowest BCUT2D eigenvalue weighted by atomic mass is 10.1. The van der Waals surface area contributed by atoms with E-state index in [-0.39, 0.29) is 5.56 Å². The molecule has 0 bridgehead atoms. The lowest BCUT2D eigenvalue weighted by Gasteiger charge is -2.13. The number of carbonyl (C=O) groups is 1. The molecule has 0 atom stereocenters. The number of hydrogen-bond acceptors (Lipinski definition) is 2. The molecule has 2 N–H and O–H groups in total. The Bertz CT molecular complexity index is 378. The van der Waals surface area contributed by atoms with E-state index in [1.165, 1.54) is 44.1 Å². The molecule has 0 heterocycles. The van der Waals surface area contributed by atoms with E-state index in [0.717, 1.165) is 12.6 Å². The third kappa shape index (κ3) is 3.84. The van der Waals surface area contributed by atoms with Crippen molar-refractivity contribution >= 4 is 5.97 Å². The second kappa shape index (κ2) is 6.55. The lowest BCUT2D eigenvalue weighted by Crippen LogP contribution is -2.88. The Morgan fingerprint density at radius 1 is 1.11 bits per heavy atom. The molecule has 3 heteroatoms. The van der Waals surface area contributed by atoms with Crippen LogP contribution in [0.3, 0.4) is 0 Å². The maximum atomic E-state index is 10.6. The van der Waals surface area contributed by atoms with E-state index in [1.54, 1.807) is 12.1 Å². The van der Waals surface area contributed by atoms with Gasteiger partial charge in [-0.3, -0.25) is 0 Å². The zero-order valence-corrected chi connectivity index (χ0v) is 10.7. The van der Waals surface area contributed by atoms with E-state index in [0.29, 0.717) is 0 Å². The number of carbonyl (C=O) groups excluding carboxylic acids is 1. The average molecular weight is 247 g/mol. The fraction of sp³-hybridized carbons (Fsp3) is 0.533. The van der Waals surface area contributed by atoms with Crippen LogP contribution in [0.15, 0.2) is 24.3 Å². The van der Waals surface area contributed by atoms with Crippen LogP contribution < -0.4 is 10.4 Å². The first-order valence-electron chi connectivity index (χ1n) is 6.89. The van der Waals surface area contributed by atoms with Crippen molar-refractivity contribution in [1.82, 2.24) is 0 Å². The van der Waals surface area contributed by atoms with Crippen LogP contribution in [0.1, 0.15) is 54.4 Å². The van der Waals surface area contributed by atoms with Crippen LogP contribution >= 0.6 is 0 Å². The summed E-state index contributed by atoms with van der Waals surface area (Å²) in [5.41, 5.74) is 1.44. The third-order valence-electron chi connectivity index (χ3n) is 3.78. The highest BCUT2D eigenvalue weighted by Crippen LogP contribution is 2.15. The van der Waals surface area contributed by atoms with E-state index >= 15 is 0 Å². The predicted octanol–water partition coefficient (Wildman–Crippen LogP) is 0.836. The van der Waals surface area contributed by atoms with Crippen molar-refractivity contribution in [3.05, 3.63) is 35.4 Å². The molecule has 1 aliphatic rings. The van der Waals surface area contributed by atoms with E-state index < -0.39 is 5.97 Å². The van der Waals surface area contributed by atoms with Crippen LogP contribution in [0, 0.1) is 0 Å². The maximum Gasteiger partial charge on any atom is 0.101 e. The summed E-state index contributed by atoms with van der Waals surface area (Å²) < 4.78 is 0. The zero-order chi connectivity index (χ0) is 12.8. The Hall–Kier alpha value is -1.35. The van der Waals surface area contributed by atoms with Crippen molar-refractivity contribution in [3.63, 3.8) is 0 Å². The van der Waals surface area contributed by atoms with E-state index in [9.17, 15) is 9.90 Å². The highest BCUT2D eigenvalue weighted by Gasteiger charge is 2.14. The molecule has 98 valence electrons. The highest BCUT2D eigenvalue weighted by atomic mass is 16.4. The lowest BCUT2D eigenvalue weighted by molar-refractivity contribution is -0.705. The molecule has 3 nitrogen and oxygen atoms in total. The summed E-state index contributed by atoms with van der Waals surface area (Å²) in [6.45, 7) is 0.942. The third-order valence-corrected chi connectivity index (χ3v) is 3.78. The first-order valence-corrected chi connectivity index (χ1v) is 6.89. The summed E-state index contributed by atoms with van der Waals surface area (Å²) >= 11 is 0. The molecule has 0 aliphatic heterocycles. The molecule has 0 aromatic heterocycles. The standard InChI is InChI=1S/C15H21NO2/c17-15(18)13-9-7-12(8-10-13)11-16-14-5-3-1-2-4-6-14/h7-10,14,16H,1-6,11H2,(H,17,18). The fourth-order valence-corrected chi connectivity index (χ4v) is 2.63. The van der Waals surface area contributed by atoms with Gasteiger partial charge in [0.05, 0.1) is 12.0 Å². The molecule has 0 saturated heterocycles. The van der Waals surface area contributed by atoms with Crippen molar-refractivity contribution in [1.29, 1.82) is 0 Å². The predicted molar refractivity (Wildman–Crippen MR) is 67.9 cm³/mol. The average Bonchev–Trinajstić information content (AvgIpc) is 2.65. The molecule has 0 radical (unpaired) electrons. The number of rotatable bonds is 4. The smallest absolute Gasteiger partial charge is 0.101 e. The van der Waals surface area contributed by atoms with Gasteiger partial charge in [0.1, 0.15) is 6.54 Å². The molecular weight excluding hydrogens is 226 g/mol. The SMILES string of the molecule is O=C([O-])c1ccc(C[NH2+]C2CCCCCC2)cc1. The minimum absolute atomic E-state index is 0.258. The quantitative estimate of drug-likeness (QED) is 0.801. The second-order valence-corrected chi connectivity index (χ2v) is 5.18. The molecule has 0 unspecified atom stereocenters. The minimum atomic E-state index is -1.10. The molecule has 1 aromatic carbocycles. The summed E-state index contributed by atoms with van der Waals surface area (Å²) in [5, 5.41) is 13.0. The Balaban J connectivity index is 1.83. The first-order chi connectivity index (χ1) is 8.75. The van der Waals surface area contributed by atoms with Gasteiger partial charge < -0.3 is 15.2 Å². The number of quaternary nitrogens is 1. The number of carboxylic acids is 1. The van der Waals surface area contributed by atoms with E-state index in [4.69, 9.17) is 0 Å². The van der Waals surface area contributed by atoms with Gasteiger partial charge in [-0.15, -0.1) is 0 Å². The highest BCUT2D eigenvalue weighted by molar-refractivity contribution is 5.85. The zero-order valence-electron chi connectivity index (χ0n) is 10.7. The van der Waals surface area contributed by atoms with Crippen molar-refractivity contribution < 1.29 is 15.2 Å². The molecule has 18 heavy (non-hydrogen) atoms. The van der Waals surface area contributed by atoms with Gasteiger partial charge in [-0.1, -0.05) is 37.1 Å². The Morgan fingerprint density at radius 2 is 1.72 bits per heavy atom. The van der Waals surface area contributed by atoms with Gasteiger partial charge in [0.25, 0.3) is 0 Å². The largest absolute Gasteiger partial charge is 0.545 e. The van der Waals surface area contributed by atoms with Crippen LogP contribution in [0.5, 0.6) is 0 Å². The van der Waals surface area contributed by atoms with Gasteiger partial charge in [-0.05, 0) is 31.2 Å². The van der Waals surface area contributed by atoms with Crippen LogP contribution in [0.4, 0.5) is 0 Å². The summed E-state index contributed by atoms with van der Waals surface area (Å²) in [5.74, 6) is -1.10. The molecule has 1 fully saturated rings. The Morgan fingerprint density at radius 3 is 2.28 bits per heavy atom. The van der Waals surface area contributed by atoms with Crippen LogP contribution in [-0.2, 0) is 6.54 Å². The molecule has 0 spiro atoms. The normalized spacial score (nSPS) is 17.3. The number of benzene rings is 1. The minimum Gasteiger partial charge on any atom is -0.545 e. The first kappa shape index (κ1) is 13.1. The van der Waals surface area contributed by atoms with Gasteiger partial charge in [0.2, 0.25) is 0 Å². The second-order valence-electron chi connectivity index (χ2n) is 5.18. The Kier molecular flexibility index (Phi) is 4.76. The summed E-state index contributed by atoms with van der Waals surface area (Å²) in [6.07, 6.45) is 8.10. The molecular formula is C15H21NO2. The molecule has 2 rings (SSSR count). The topological polar surface area (TPSA) is 56.7 Å². The van der Waals surface area contributed by atoms with Crippen molar-refractivity contribution in [3.8, 4) is 0 Å². The maximum absolute atomic E-state index is 10.6. The number of aromatic carboxylic acids is 1. The summed E-state index contributed by atoms with van der Waals surface area (Å²) in [7, 11) is 0. The van der Waals surface area contributed by atoms with Crippen molar-refractivity contribution in [2.75, 3.05) is 0 Å². The van der Waals surface area contributed by atoms with Gasteiger partial charge in [0, 0.05) is 5.56 Å². The van der Waals surface area contributed by atoms with Gasteiger partial charge in [-0.25, -0.2) is 0 Å². The number of carboxylic acid groups (broad SMARTS) is 1. The van der Waals surface area contributed by atoms with E-state index in [2.05, 4.69) is 5.32 Å². The van der Waals surface area contributed by atoms with Crippen molar-refractivity contribution in [2.24, 2.45) is 0 Å². The molecule has 1 saturated carbocycles. The molecule has 1 aliphatic carbocycles.